The molecule has 0 aliphatic heterocycles. The van der Waals surface area contributed by atoms with Crippen LogP contribution in [0.1, 0.15) is 42.1 Å². The van der Waals surface area contributed by atoms with Crippen LogP contribution in [0.2, 0.25) is 5.02 Å². The molecule has 1 N–H and O–H groups in total. The van der Waals surface area contributed by atoms with Crippen LogP contribution in [0.5, 0.6) is 0 Å². The number of nitrogens with one attached hydrogen (secondary N) is 1. The molecule has 1 aliphatic rings. The molecule has 0 heterocycles. The van der Waals surface area contributed by atoms with Gasteiger partial charge in [0.1, 0.15) is 0 Å². The molecule has 0 atom stereocenters. The van der Waals surface area contributed by atoms with Crippen LogP contribution >= 0.6 is 11.6 Å². The van der Waals surface area contributed by atoms with E-state index in [1.807, 2.05) is 12.1 Å². The van der Waals surface area contributed by atoms with Gasteiger partial charge in [-0.25, -0.2) is 0 Å². The molecule has 2 aromatic carbocycles. The highest BCUT2D eigenvalue weighted by Gasteiger charge is 2.47. The number of ketones is 1. The van der Waals surface area contributed by atoms with Crippen molar-refractivity contribution >= 4 is 34.9 Å². The summed E-state index contributed by atoms with van der Waals surface area (Å²) in [7, 11) is 0. The normalized spacial score (nSPS) is 14.7. The van der Waals surface area contributed by atoms with Crippen molar-refractivity contribution < 1.29 is 19.1 Å². The Balaban J connectivity index is 1.64. The molecular weight excluding hydrogens is 366 g/mol. The molecule has 1 amide bonds. The van der Waals surface area contributed by atoms with Gasteiger partial charge in [-0.15, -0.1) is 0 Å². The number of para-hydroxylation sites is 1. The predicted octanol–water partition coefficient (Wildman–Crippen LogP) is 4.15. The fourth-order valence-corrected chi connectivity index (χ4v) is 3.39. The van der Waals surface area contributed by atoms with Crippen LogP contribution in [0.25, 0.3) is 0 Å². The third-order valence-electron chi connectivity index (χ3n) is 4.91. The second-order valence-corrected chi connectivity index (χ2v) is 7.11. The van der Waals surface area contributed by atoms with Gasteiger partial charge in [-0.05, 0) is 49.6 Å². The summed E-state index contributed by atoms with van der Waals surface area (Å²) in [6.45, 7) is 1.03. The second-order valence-electron chi connectivity index (χ2n) is 6.67. The lowest BCUT2D eigenvalue weighted by Gasteiger charge is -2.39. The minimum absolute atomic E-state index is 0.154. The first-order valence-corrected chi connectivity index (χ1v) is 9.13. The molecule has 0 radical (unpaired) electrons. The Morgan fingerprint density at radius 2 is 1.74 bits per heavy atom. The van der Waals surface area contributed by atoms with Crippen molar-refractivity contribution in [3.8, 4) is 0 Å². The number of halogens is 1. The highest BCUT2D eigenvalue weighted by Crippen LogP contribution is 2.45. The Morgan fingerprint density at radius 1 is 1.07 bits per heavy atom. The standard InChI is InChI=1S/C21H20ClNO4/c1-14(24)17-5-2-3-6-18(17)23-19(25)13-27-20(26)21(11-4-12-21)15-7-9-16(22)10-8-15/h2-3,5-10H,4,11-13H2,1H3,(H,23,25). The number of hydrogen-bond acceptors (Lipinski definition) is 4. The van der Waals surface area contributed by atoms with Crippen molar-refractivity contribution in [2.45, 2.75) is 31.6 Å². The van der Waals surface area contributed by atoms with Crippen LogP contribution in [0.3, 0.4) is 0 Å². The zero-order valence-corrected chi connectivity index (χ0v) is 15.7. The maximum absolute atomic E-state index is 12.7. The monoisotopic (exact) mass is 385 g/mol. The van der Waals surface area contributed by atoms with Gasteiger partial charge in [0.25, 0.3) is 5.91 Å². The number of benzene rings is 2. The number of ether oxygens (including phenoxy) is 1. The fraction of sp³-hybridized carbons (Fsp3) is 0.286. The molecule has 0 bridgehead atoms. The van der Waals surface area contributed by atoms with E-state index in [4.69, 9.17) is 16.3 Å². The van der Waals surface area contributed by atoms with E-state index in [0.29, 0.717) is 29.1 Å². The van der Waals surface area contributed by atoms with Crippen molar-refractivity contribution in [1.82, 2.24) is 0 Å². The molecule has 2 aromatic rings. The van der Waals surface area contributed by atoms with Gasteiger partial charge in [0.2, 0.25) is 0 Å². The number of anilines is 1. The first kappa shape index (κ1) is 19.1. The minimum Gasteiger partial charge on any atom is -0.455 e. The van der Waals surface area contributed by atoms with Crippen LogP contribution < -0.4 is 5.32 Å². The number of esters is 1. The molecule has 5 nitrogen and oxygen atoms in total. The Hall–Kier alpha value is -2.66. The number of amides is 1. The van der Waals surface area contributed by atoms with Gasteiger partial charge in [-0.1, -0.05) is 42.3 Å². The van der Waals surface area contributed by atoms with Crippen molar-refractivity contribution in [3.05, 3.63) is 64.7 Å². The molecule has 1 saturated carbocycles. The van der Waals surface area contributed by atoms with E-state index in [0.717, 1.165) is 12.0 Å². The molecule has 0 spiro atoms. The van der Waals surface area contributed by atoms with Gasteiger partial charge in [0.05, 0.1) is 11.1 Å². The van der Waals surface area contributed by atoms with Gasteiger partial charge in [0.15, 0.2) is 12.4 Å². The minimum atomic E-state index is -0.706. The molecule has 27 heavy (non-hydrogen) atoms. The number of Topliss-reactive ketones (excluding diaryl/α,β-unsaturated/α-hetero) is 1. The van der Waals surface area contributed by atoms with Gasteiger partial charge >= 0.3 is 5.97 Å². The summed E-state index contributed by atoms with van der Waals surface area (Å²) in [6.07, 6.45) is 2.29. The summed E-state index contributed by atoms with van der Waals surface area (Å²) >= 11 is 5.92. The van der Waals surface area contributed by atoms with Crippen molar-refractivity contribution in [2.75, 3.05) is 11.9 Å². The number of carbonyl (C=O) groups excluding carboxylic acids is 3. The smallest absolute Gasteiger partial charge is 0.317 e. The molecule has 6 heteroatoms. The van der Waals surface area contributed by atoms with Gasteiger partial charge in [0, 0.05) is 10.6 Å². The SMILES string of the molecule is CC(=O)c1ccccc1NC(=O)COC(=O)C1(c2ccc(Cl)cc2)CCC1. The molecule has 1 aliphatic carbocycles. The maximum Gasteiger partial charge on any atom is 0.317 e. The topological polar surface area (TPSA) is 72.5 Å². The third kappa shape index (κ3) is 4.03. The van der Waals surface area contributed by atoms with Gasteiger partial charge < -0.3 is 10.1 Å². The molecular formula is C21H20ClNO4. The van der Waals surface area contributed by atoms with E-state index in [2.05, 4.69) is 5.32 Å². The molecule has 0 aromatic heterocycles. The fourth-order valence-electron chi connectivity index (χ4n) is 3.26. The van der Waals surface area contributed by atoms with Gasteiger partial charge in [-0.3, -0.25) is 14.4 Å². The largest absolute Gasteiger partial charge is 0.455 e. The average Bonchev–Trinajstić information content (AvgIpc) is 2.61. The maximum atomic E-state index is 12.7. The third-order valence-corrected chi connectivity index (χ3v) is 5.16. The lowest BCUT2D eigenvalue weighted by Crippen LogP contribution is -2.44. The van der Waals surface area contributed by atoms with Crippen LogP contribution in [-0.2, 0) is 19.7 Å². The second kappa shape index (κ2) is 7.92. The molecule has 0 saturated heterocycles. The lowest BCUT2D eigenvalue weighted by atomic mass is 9.64. The summed E-state index contributed by atoms with van der Waals surface area (Å²) < 4.78 is 5.30. The van der Waals surface area contributed by atoms with Crippen LogP contribution in [0, 0.1) is 0 Å². The lowest BCUT2D eigenvalue weighted by molar-refractivity contribution is -0.156. The Morgan fingerprint density at radius 3 is 2.33 bits per heavy atom. The molecule has 1 fully saturated rings. The average molecular weight is 386 g/mol. The van der Waals surface area contributed by atoms with Crippen molar-refractivity contribution in [1.29, 1.82) is 0 Å². The Labute approximate surface area is 162 Å². The van der Waals surface area contributed by atoms with E-state index in [9.17, 15) is 14.4 Å². The van der Waals surface area contributed by atoms with E-state index < -0.39 is 23.9 Å². The van der Waals surface area contributed by atoms with Crippen molar-refractivity contribution in [3.63, 3.8) is 0 Å². The predicted molar refractivity (Wildman–Crippen MR) is 103 cm³/mol. The first-order chi connectivity index (χ1) is 12.9. The van der Waals surface area contributed by atoms with E-state index >= 15 is 0 Å². The highest BCUT2D eigenvalue weighted by molar-refractivity contribution is 6.30. The van der Waals surface area contributed by atoms with Gasteiger partial charge in [-0.2, -0.15) is 0 Å². The van der Waals surface area contributed by atoms with E-state index in [-0.39, 0.29) is 5.78 Å². The van der Waals surface area contributed by atoms with Crippen LogP contribution in [0.4, 0.5) is 5.69 Å². The van der Waals surface area contributed by atoms with E-state index in [1.165, 1.54) is 6.92 Å². The summed E-state index contributed by atoms with van der Waals surface area (Å²) in [5.74, 6) is -1.05. The van der Waals surface area contributed by atoms with Crippen LogP contribution in [0.15, 0.2) is 48.5 Å². The number of rotatable bonds is 6. The van der Waals surface area contributed by atoms with E-state index in [1.54, 1.807) is 36.4 Å². The first-order valence-electron chi connectivity index (χ1n) is 8.75. The summed E-state index contributed by atoms with van der Waals surface area (Å²) in [6, 6.07) is 13.9. The van der Waals surface area contributed by atoms with Crippen molar-refractivity contribution in [2.24, 2.45) is 0 Å². The number of hydrogen-bond donors (Lipinski definition) is 1. The zero-order valence-electron chi connectivity index (χ0n) is 15.0. The van der Waals surface area contributed by atoms with Crippen LogP contribution in [-0.4, -0.2) is 24.3 Å². The summed E-state index contributed by atoms with van der Waals surface area (Å²) in [5, 5.41) is 3.23. The quantitative estimate of drug-likeness (QED) is 0.599. The molecule has 3 rings (SSSR count). The number of carbonyl (C=O) groups is 3. The molecule has 140 valence electrons. The molecule has 0 unspecified atom stereocenters. The summed E-state index contributed by atoms with van der Waals surface area (Å²) in [5.41, 5.74) is 0.962. The zero-order chi connectivity index (χ0) is 19.4. The Kier molecular flexibility index (Phi) is 5.61. The summed E-state index contributed by atoms with van der Waals surface area (Å²) in [4.78, 5) is 36.5. The highest BCUT2D eigenvalue weighted by atomic mass is 35.5. The Bertz CT molecular complexity index is 872.